The molecular formula is C15H14F3IN2O2S. The van der Waals surface area contributed by atoms with E-state index >= 15 is 0 Å². The SMILES string of the molecule is CCS(=O)(=O)c1cc(C(F)(F)F)ccc1-c1cnc(C=CI)n1C. The zero-order chi connectivity index (χ0) is 18.1. The van der Waals surface area contributed by atoms with Gasteiger partial charge in [0.1, 0.15) is 5.82 Å². The van der Waals surface area contributed by atoms with E-state index in [0.717, 1.165) is 6.07 Å². The first kappa shape index (κ1) is 19.0. The number of rotatable bonds is 4. The highest BCUT2D eigenvalue weighted by molar-refractivity contribution is 14.1. The number of halogens is 4. The van der Waals surface area contributed by atoms with Crippen molar-refractivity contribution in [3.63, 3.8) is 0 Å². The molecule has 0 unspecified atom stereocenters. The fourth-order valence-corrected chi connectivity index (χ4v) is 3.66. The van der Waals surface area contributed by atoms with Gasteiger partial charge in [0, 0.05) is 12.6 Å². The molecule has 1 heterocycles. The first-order valence-electron chi connectivity index (χ1n) is 6.84. The van der Waals surface area contributed by atoms with Crippen molar-refractivity contribution in [2.45, 2.75) is 18.0 Å². The van der Waals surface area contributed by atoms with Gasteiger partial charge in [-0.3, -0.25) is 0 Å². The van der Waals surface area contributed by atoms with Crippen LogP contribution in [0.25, 0.3) is 17.3 Å². The number of hydrogen-bond acceptors (Lipinski definition) is 3. The summed E-state index contributed by atoms with van der Waals surface area (Å²) in [6.07, 6.45) is -1.45. The van der Waals surface area contributed by atoms with Gasteiger partial charge in [0.05, 0.1) is 28.1 Å². The molecule has 0 radical (unpaired) electrons. The average molecular weight is 470 g/mol. The molecule has 2 rings (SSSR count). The molecular weight excluding hydrogens is 456 g/mol. The Morgan fingerprint density at radius 3 is 2.54 bits per heavy atom. The third-order valence-electron chi connectivity index (χ3n) is 3.54. The van der Waals surface area contributed by atoms with Crippen molar-refractivity contribution in [3.05, 3.63) is 39.9 Å². The first-order chi connectivity index (χ1) is 11.1. The summed E-state index contributed by atoms with van der Waals surface area (Å²) in [6, 6.07) is 2.75. The fraction of sp³-hybridized carbons (Fsp3) is 0.267. The van der Waals surface area contributed by atoms with E-state index in [1.165, 1.54) is 19.2 Å². The number of benzene rings is 1. The second-order valence-electron chi connectivity index (χ2n) is 4.97. The summed E-state index contributed by atoms with van der Waals surface area (Å²) in [6.45, 7) is 1.40. The summed E-state index contributed by atoms with van der Waals surface area (Å²) in [5.41, 5.74) is -0.360. The van der Waals surface area contributed by atoms with Crippen molar-refractivity contribution < 1.29 is 21.6 Å². The Bertz CT molecular complexity index is 887. The Morgan fingerprint density at radius 2 is 2.00 bits per heavy atom. The molecule has 0 spiro atoms. The summed E-state index contributed by atoms with van der Waals surface area (Å²) >= 11 is 2.02. The molecule has 0 fully saturated rings. The van der Waals surface area contributed by atoms with Gasteiger partial charge < -0.3 is 4.57 Å². The first-order valence-corrected chi connectivity index (χ1v) is 9.74. The van der Waals surface area contributed by atoms with Crippen molar-refractivity contribution in [1.29, 1.82) is 0 Å². The van der Waals surface area contributed by atoms with Crippen LogP contribution < -0.4 is 0 Å². The van der Waals surface area contributed by atoms with Crippen LogP contribution in [-0.2, 0) is 23.1 Å². The molecule has 0 amide bonds. The van der Waals surface area contributed by atoms with Crippen LogP contribution in [0.2, 0.25) is 0 Å². The maximum Gasteiger partial charge on any atom is 0.416 e. The van der Waals surface area contributed by atoms with Crippen molar-refractivity contribution >= 4 is 38.5 Å². The van der Waals surface area contributed by atoms with E-state index in [-0.39, 0.29) is 16.2 Å². The molecule has 1 aromatic heterocycles. The van der Waals surface area contributed by atoms with E-state index in [4.69, 9.17) is 0 Å². The highest BCUT2D eigenvalue weighted by Gasteiger charge is 2.33. The molecule has 2 aromatic rings. The highest BCUT2D eigenvalue weighted by Crippen LogP contribution is 2.35. The van der Waals surface area contributed by atoms with Gasteiger partial charge in [0.2, 0.25) is 0 Å². The van der Waals surface area contributed by atoms with Gasteiger partial charge >= 0.3 is 6.18 Å². The summed E-state index contributed by atoms with van der Waals surface area (Å²) in [5.74, 6) is 0.277. The lowest BCUT2D eigenvalue weighted by Gasteiger charge is -2.14. The molecule has 0 aliphatic carbocycles. The largest absolute Gasteiger partial charge is 0.416 e. The zero-order valence-electron chi connectivity index (χ0n) is 12.8. The van der Waals surface area contributed by atoms with Gasteiger partial charge in [0.15, 0.2) is 9.84 Å². The molecule has 0 atom stereocenters. The quantitative estimate of drug-likeness (QED) is 0.627. The molecule has 0 aliphatic rings. The fourth-order valence-electron chi connectivity index (χ4n) is 2.21. The minimum Gasteiger partial charge on any atom is -0.328 e. The Morgan fingerprint density at radius 1 is 1.33 bits per heavy atom. The van der Waals surface area contributed by atoms with Crippen LogP contribution in [0.1, 0.15) is 18.3 Å². The number of sulfone groups is 1. The number of aromatic nitrogens is 2. The minimum atomic E-state index is -4.61. The van der Waals surface area contributed by atoms with Crippen LogP contribution in [-0.4, -0.2) is 23.7 Å². The second-order valence-corrected chi connectivity index (χ2v) is 7.93. The average Bonchev–Trinajstić information content (AvgIpc) is 2.87. The lowest BCUT2D eigenvalue weighted by molar-refractivity contribution is -0.137. The monoisotopic (exact) mass is 470 g/mol. The van der Waals surface area contributed by atoms with Crippen LogP contribution in [0.3, 0.4) is 0 Å². The molecule has 130 valence electrons. The van der Waals surface area contributed by atoms with Gasteiger partial charge in [-0.1, -0.05) is 35.6 Å². The molecule has 0 aliphatic heterocycles. The van der Waals surface area contributed by atoms with E-state index in [0.29, 0.717) is 17.6 Å². The Hall–Kier alpha value is -1.36. The summed E-state index contributed by atoms with van der Waals surface area (Å²) in [5, 5.41) is 0. The molecule has 0 saturated carbocycles. The van der Waals surface area contributed by atoms with Crippen LogP contribution in [0.5, 0.6) is 0 Å². The number of imidazole rings is 1. The van der Waals surface area contributed by atoms with Crippen molar-refractivity contribution in [1.82, 2.24) is 9.55 Å². The zero-order valence-corrected chi connectivity index (χ0v) is 15.8. The van der Waals surface area contributed by atoms with Crippen molar-refractivity contribution in [2.24, 2.45) is 7.05 Å². The van der Waals surface area contributed by atoms with Gasteiger partial charge in [0.25, 0.3) is 0 Å². The van der Waals surface area contributed by atoms with Crippen LogP contribution in [0, 0.1) is 0 Å². The van der Waals surface area contributed by atoms with Crippen molar-refractivity contribution in [2.75, 3.05) is 5.75 Å². The number of alkyl halides is 3. The van der Waals surface area contributed by atoms with E-state index in [1.807, 2.05) is 22.6 Å². The second kappa shape index (κ2) is 6.87. The Labute approximate surface area is 151 Å². The van der Waals surface area contributed by atoms with Gasteiger partial charge in [-0.2, -0.15) is 13.2 Å². The maximum atomic E-state index is 13.0. The maximum absolute atomic E-state index is 13.0. The van der Waals surface area contributed by atoms with Gasteiger partial charge in [-0.15, -0.1) is 0 Å². The third-order valence-corrected chi connectivity index (χ3v) is 5.66. The van der Waals surface area contributed by atoms with Crippen LogP contribution in [0.15, 0.2) is 33.4 Å². The summed E-state index contributed by atoms with van der Waals surface area (Å²) in [7, 11) is -2.17. The minimum absolute atomic E-state index is 0.202. The molecule has 9 heteroatoms. The van der Waals surface area contributed by atoms with Crippen LogP contribution in [0.4, 0.5) is 13.2 Å². The topological polar surface area (TPSA) is 52.0 Å². The van der Waals surface area contributed by atoms with Gasteiger partial charge in [-0.05, 0) is 22.3 Å². The number of hydrogen-bond donors (Lipinski definition) is 0. The summed E-state index contributed by atoms with van der Waals surface area (Å²) in [4.78, 5) is 3.82. The van der Waals surface area contributed by atoms with E-state index in [9.17, 15) is 21.6 Å². The standard InChI is InChI=1S/C15H14F3IN2O2S/c1-3-24(22,23)13-8-10(15(16,17)18)4-5-11(13)12-9-20-14(6-7-19)21(12)2/h4-9H,3H2,1-2H3. The lowest BCUT2D eigenvalue weighted by Crippen LogP contribution is -2.11. The van der Waals surface area contributed by atoms with E-state index in [1.54, 1.807) is 21.8 Å². The predicted octanol–water partition coefficient (Wildman–Crippen LogP) is 4.31. The van der Waals surface area contributed by atoms with Gasteiger partial charge in [-0.25, -0.2) is 13.4 Å². The van der Waals surface area contributed by atoms with E-state index in [2.05, 4.69) is 4.98 Å². The molecule has 1 aromatic carbocycles. The predicted molar refractivity (Wildman–Crippen MR) is 94.4 cm³/mol. The highest BCUT2D eigenvalue weighted by atomic mass is 127. The molecule has 0 saturated heterocycles. The van der Waals surface area contributed by atoms with Crippen LogP contribution >= 0.6 is 22.6 Å². The number of nitrogens with zero attached hydrogens (tertiary/aromatic N) is 2. The van der Waals surface area contributed by atoms with Crippen molar-refractivity contribution in [3.8, 4) is 11.3 Å². The third kappa shape index (κ3) is 3.66. The normalized spacial score (nSPS) is 12.9. The Kier molecular flexibility index (Phi) is 5.43. The summed E-state index contributed by atoms with van der Waals surface area (Å²) < 4.78 is 66.8. The smallest absolute Gasteiger partial charge is 0.328 e. The molecule has 0 N–H and O–H groups in total. The molecule has 24 heavy (non-hydrogen) atoms. The molecule has 0 bridgehead atoms. The molecule has 4 nitrogen and oxygen atoms in total. The Balaban J connectivity index is 2.75. The lowest BCUT2D eigenvalue weighted by atomic mass is 10.1. The van der Waals surface area contributed by atoms with E-state index < -0.39 is 21.6 Å².